The van der Waals surface area contributed by atoms with Gasteiger partial charge in [0.2, 0.25) is 0 Å². The van der Waals surface area contributed by atoms with E-state index in [0.29, 0.717) is 53.0 Å². The predicted molar refractivity (Wildman–Crippen MR) is 124 cm³/mol. The number of nitro groups is 1. The Morgan fingerprint density at radius 1 is 1.15 bits per heavy atom. The number of nitro benzene ring substituents is 1. The maximum atomic E-state index is 12.8. The number of H-pyrrole nitrogens is 1. The van der Waals surface area contributed by atoms with E-state index in [2.05, 4.69) is 14.9 Å². The van der Waals surface area contributed by atoms with Crippen molar-refractivity contribution in [2.24, 2.45) is 0 Å². The maximum Gasteiger partial charge on any atom is 0.281 e. The van der Waals surface area contributed by atoms with Crippen molar-refractivity contribution in [1.82, 2.24) is 14.9 Å². The van der Waals surface area contributed by atoms with E-state index in [1.54, 1.807) is 24.3 Å². The quantitative estimate of drug-likeness (QED) is 0.337. The number of furan rings is 1. The van der Waals surface area contributed by atoms with Gasteiger partial charge in [0.15, 0.2) is 0 Å². The molecule has 0 spiro atoms. The first-order valence-corrected chi connectivity index (χ1v) is 10.8. The molecule has 166 valence electrons. The molecule has 0 radical (unpaired) electrons. The summed E-state index contributed by atoms with van der Waals surface area (Å²) in [5.74, 6) is 1.63. The van der Waals surface area contributed by atoms with Crippen molar-refractivity contribution in [3.63, 3.8) is 0 Å². The van der Waals surface area contributed by atoms with Gasteiger partial charge in [-0.25, -0.2) is 4.98 Å². The summed E-state index contributed by atoms with van der Waals surface area (Å²) in [4.78, 5) is 33.3. The fourth-order valence-corrected chi connectivity index (χ4v) is 4.21. The Bertz CT molecular complexity index is 1400. The number of halogens is 1. The molecule has 1 aliphatic heterocycles. The molecule has 0 fully saturated rings. The summed E-state index contributed by atoms with van der Waals surface area (Å²) in [5.41, 5.74) is 2.46. The van der Waals surface area contributed by atoms with Gasteiger partial charge >= 0.3 is 0 Å². The van der Waals surface area contributed by atoms with Crippen LogP contribution >= 0.6 is 11.6 Å². The van der Waals surface area contributed by atoms with Crippen LogP contribution < -0.4 is 5.56 Å². The summed E-state index contributed by atoms with van der Waals surface area (Å²) >= 11 is 5.91. The Morgan fingerprint density at radius 3 is 2.76 bits per heavy atom. The van der Waals surface area contributed by atoms with E-state index < -0.39 is 4.92 Å². The van der Waals surface area contributed by atoms with Crippen molar-refractivity contribution in [2.45, 2.75) is 19.5 Å². The molecule has 0 saturated heterocycles. The molecule has 0 saturated carbocycles. The molecule has 0 aliphatic carbocycles. The zero-order valence-corrected chi connectivity index (χ0v) is 18.2. The highest BCUT2D eigenvalue weighted by atomic mass is 35.5. The SMILES string of the molecule is O=c1[nH]c(-c2ccccc2)nc2c1CN(Cc1ccc(-c3ccc(Cl)cc3[N+](=O)[O-])o1)CC2. The van der Waals surface area contributed by atoms with E-state index in [1.165, 1.54) is 6.07 Å². The number of aromatic nitrogens is 2. The lowest BCUT2D eigenvalue weighted by molar-refractivity contribution is -0.384. The molecule has 1 N–H and O–H groups in total. The van der Waals surface area contributed by atoms with Crippen molar-refractivity contribution in [3.05, 3.63) is 103 Å². The second-order valence-corrected chi connectivity index (χ2v) is 8.29. The zero-order valence-electron chi connectivity index (χ0n) is 17.5. The number of nitrogens with one attached hydrogen (secondary N) is 1. The van der Waals surface area contributed by atoms with Crippen LogP contribution in [0.2, 0.25) is 5.02 Å². The summed E-state index contributed by atoms with van der Waals surface area (Å²) in [6.45, 7) is 1.64. The molecule has 0 bridgehead atoms. The third kappa shape index (κ3) is 4.30. The molecular weight excluding hydrogens is 444 g/mol. The standard InChI is InChI=1S/C24H19ClN4O4/c25-16-6-8-18(21(12-16)29(31)32)22-9-7-17(33-22)13-28-11-10-20-19(14-28)24(30)27-23(26-20)15-4-2-1-3-5-15/h1-9,12H,10-11,13-14H2,(H,26,27,30). The molecule has 9 heteroatoms. The van der Waals surface area contributed by atoms with E-state index in [1.807, 2.05) is 30.3 Å². The van der Waals surface area contributed by atoms with Crippen molar-refractivity contribution in [1.29, 1.82) is 0 Å². The van der Waals surface area contributed by atoms with E-state index in [0.717, 1.165) is 17.8 Å². The van der Waals surface area contributed by atoms with Crippen molar-refractivity contribution in [2.75, 3.05) is 6.54 Å². The second kappa shape index (κ2) is 8.65. The summed E-state index contributed by atoms with van der Waals surface area (Å²) < 4.78 is 5.91. The minimum Gasteiger partial charge on any atom is -0.459 e. The Kier molecular flexibility index (Phi) is 5.53. The van der Waals surface area contributed by atoms with Crippen molar-refractivity contribution < 1.29 is 9.34 Å². The van der Waals surface area contributed by atoms with Gasteiger partial charge in [0.25, 0.3) is 11.2 Å². The third-order valence-corrected chi connectivity index (χ3v) is 5.89. The average molecular weight is 463 g/mol. The molecule has 3 heterocycles. The zero-order chi connectivity index (χ0) is 22.9. The molecule has 0 atom stereocenters. The lowest BCUT2D eigenvalue weighted by atomic mass is 10.1. The van der Waals surface area contributed by atoms with Crippen LogP contribution in [0, 0.1) is 10.1 Å². The Balaban J connectivity index is 1.35. The number of aromatic amines is 1. The number of hydrogen-bond acceptors (Lipinski definition) is 6. The van der Waals surface area contributed by atoms with Crippen molar-refractivity contribution in [3.8, 4) is 22.7 Å². The van der Waals surface area contributed by atoms with Crippen LogP contribution in [-0.4, -0.2) is 26.3 Å². The van der Waals surface area contributed by atoms with Gasteiger partial charge < -0.3 is 9.40 Å². The van der Waals surface area contributed by atoms with Crippen LogP contribution in [0.4, 0.5) is 5.69 Å². The fourth-order valence-electron chi connectivity index (χ4n) is 4.04. The maximum absolute atomic E-state index is 12.8. The highest BCUT2D eigenvalue weighted by molar-refractivity contribution is 6.30. The number of rotatable bonds is 5. The van der Waals surface area contributed by atoms with Crippen LogP contribution in [0.5, 0.6) is 0 Å². The molecule has 1 aliphatic rings. The number of hydrogen-bond donors (Lipinski definition) is 1. The Labute approximate surface area is 193 Å². The highest BCUT2D eigenvalue weighted by Gasteiger charge is 2.23. The highest BCUT2D eigenvalue weighted by Crippen LogP contribution is 2.33. The van der Waals surface area contributed by atoms with Gasteiger partial charge in [-0.2, -0.15) is 0 Å². The summed E-state index contributed by atoms with van der Waals surface area (Å²) in [6.07, 6.45) is 0.648. The molecule has 8 nitrogen and oxygen atoms in total. The molecule has 33 heavy (non-hydrogen) atoms. The van der Waals surface area contributed by atoms with Gasteiger partial charge in [-0.05, 0) is 24.3 Å². The molecule has 4 aromatic rings. The van der Waals surface area contributed by atoms with E-state index in [-0.39, 0.29) is 11.2 Å². The van der Waals surface area contributed by atoms with E-state index in [4.69, 9.17) is 16.0 Å². The Hall–Kier alpha value is -3.75. The van der Waals surface area contributed by atoms with Crippen LogP contribution in [0.1, 0.15) is 17.0 Å². The van der Waals surface area contributed by atoms with E-state index >= 15 is 0 Å². The molecule has 5 rings (SSSR count). The fraction of sp³-hybridized carbons (Fsp3) is 0.167. The number of benzene rings is 2. The van der Waals surface area contributed by atoms with Crippen molar-refractivity contribution >= 4 is 17.3 Å². The van der Waals surface area contributed by atoms with Gasteiger partial charge in [-0.15, -0.1) is 0 Å². The predicted octanol–water partition coefficient (Wildman–Crippen LogP) is 4.82. The first kappa shape index (κ1) is 21.1. The van der Waals surface area contributed by atoms with Crippen LogP contribution in [0.3, 0.4) is 0 Å². The normalized spacial score (nSPS) is 13.6. The monoisotopic (exact) mass is 462 g/mol. The first-order chi connectivity index (χ1) is 16.0. The molecule has 0 unspecified atom stereocenters. The largest absolute Gasteiger partial charge is 0.459 e. The van der Waals surface area contributed by atoms with Crippen LogP contribution in [0.25, 0.3) is 22.7 Å². The summed E-state index contributed by atoms with van der Waals surface area (Å²) in [7, 11) is 0. The smallest absolute Gasteiger partial charge is 0.281 e. The average Bonchev–Trinajstić information content (AvgIpc) is 3.28. The molecule has 0 amide bonds. The lowest BCUT2D eigenvalue weighted by Gasteiger charge is -2.26. The number of nitrogens with zero attached hydrogens (tertiary/aromatic N) is 3. The first-order valence-electron chi connectivity index (χ1n) is 10.4. The number of fused-ring (bicyclic) bond motifs is 1. The minimum atomic E-state index is -0.478. The summed E-state index contributed by atoms with van der Waals surface area (Å²) in [5, 5.41) is 11.7. The lowest BCUT2D eigenvalue weighted by Crippen LogP contribution is -2.35. The molecular formula is C24H19ClN4O4. The van der Waals surface area contributed by atoms with Gasteiger partial charge in [-0.3, -0.25) is 19.8 Å². The minimum absolute atomic E-state index is 0.109. The third-order valence-electron chi connectivity index (χ3n) is 5.66. The Morgan fingerprint density at radius 2 is 1.97 bits per heavy atom. The molecule has 2 aromatic heterocycles. The van der Waals surface area contributed by atoms with Gasteiger partial charge in [0, 0.05) is 36.2 Å². The van der Waals surface area contributed by atoms with Crippen LogP contribution in [-0.2, 0) is 19.5 Å². The topological polar surface area (TPSA) is 105 Å². The van der Waals surface area contributed by atoms with Gasteiger partial charge in [0.1, 0.15) is 17.3 Å². The van der Waals surface area contributed by atoms with Crippen LogP contribution in [0.15, 0.2) is 69.9 Å². The van der Waals surface area contributed by atoms with Gasteiger partial charge in [0.05, 0.1) is 28.3 Å². The van der Waals surface area contributed by atoms with Gasteiger partial charge in [-0.1, -0.05) is 41.9 Å². The molecule has 2 aromatic carbocycles. The summed E-state index contributed by atoms with van der Waals surface area (Å²) in [6, 6.07) is 17.6. The second-order valence-electron chi connectivity index (χ2n) is 7.85. The van der Waals surface area contributed by atoms with E-state index in [9.17, 15) is 14.9 Å².